The molecule has 3 heteroatoms. The number of aryl methyl sites for hydroxylation is 1. The molecular weight excluding hydrogens is 288 g/mol. The van der Waals surface area contributed by atoms with E-state index in [0.29, 0.717) is 0 Å². The van der Waals surface area contributed by atoms with E-state index in [0.717, 1.165) is 17.3 Å². The van der Waals surface area contributed by atoms with Crippen molar-refractivity contribution in [1.29, 1.82) is 0 Å². The van der Waals surface area contributed by atoms with Crippen molar-refractivity contribution in [3.8, 4) is 0 Å². The van der Waals surface area contributed by atoms with Crippen LogP contribution in [0.4, 0.5) is 0 Å². The van der Waals surface area contributed by atoms with Crippen molar-refractivity contribution >= 4 is 15.9 Å². The third-order valence-electron chi connectivity index (χ3n) is 3.12. The molecule has 1 heterocycles. The van der Waals surface area contributed by atoms with Crippen molar-refractivity contribution in [3.05, 3.63) is 63.9 Å². The SMILES string of the molecule is CCc1cnccc1C(N)Cc1ccccc1Br. The topological polar surface area (TPSA) is 38.9 Å². The van der Waals surface area contributed by atoms with Gasteiger partial charge in [0.1, 0.15) is 0 Å². The first kappa shape index (κ1) is 13.2. The molecule has 0 aliphatic rings. The summed E-state index contributed by atoms with van der Waals surface area (Å²) >= 11 is 3.57. The van der Waals surface area contributed by atoms with Crippen molar-refractivity contribution in [1.82, 2.24) is 4.98 Å². The lowest BCUT2D eigenvalue weighted by molar-refractivity contribution is 0.708. The van der Waals surface area contributed by atoms with Crippen molar-refractivity contribution in [2.45, 2.75) is 25.8 Å². The second kappa shape index (κ2) is 6.12. The average molecular weight is 305 g/mol. The van der Waals surface area contributed by atoms with Crippen molar-refractivity contribution in [2.24, 2.45) is 5.73 Å². The van der Waals surface area contributed by atoms with Crippen LogP contribution in [0.5, 0.6) is 0 Å². The highest BCUT2D eigenvalue weighted by atomic mass is 79.9. The van der Waals surface area contributed by atoms with Gasteiger partial charge in [-0.1, -0.05) is 41.1 Å². The number of rotatable bonds is 4. The Hall–Kier alpha value is -1.19. The molecule has 0 spiro atoms. The molecule has 2 aromatic rings. The normalized spacial score (nSPS) is 12.4. The first-order valence-electron chi connectivity index (χ1n) is 6.14. The molecule has 2 nitrogen and oxygen atoms in total. The van der Waals surface area contributed by atoms with Gasteiger partial charge in [0, 0.05) is 22.9 Å². The molecule has 0 aliphatic heterocycles. The van der Waals surface area contributed by atoms with Gasteiger partial charge in [-0.15, -0.1) is 0 Å². The van der Waals surface area contributed by atoms with E-state index in [1.807, 2.05) is 30.6 Å². The largest absolute Gasteiger partial charge is 0.324 e. The van der Waals surface area contributed by atoms with Gasteiger partial charge in [-0.3, -0.25) is 4.98 Å². The predicted molar refractivity (Wildman–Crippen MR) is 78.4 cm³/mol. The summed E-state index contributed by atoms with van der Waals surface area (Å²) < 4.78 is 1.12. The van der Waals surface area contributed by atoms with Gasteiger partial charge in [-0.25, -0.2) is 0 Å². The molecule has 1 unspecified atom stereocenters. The molecule has 1 atom stereocenters. The zero-order chi connectivity index (χ0) is 13.0. The number of aromatic nitrogens is 1. The summed E-state index contributed by atoms with van der Waals surface area (Å²) in [6.07, 6.45) is 5.52. The monoisotopic (exact) mass is 304 g/mol. The molecule has 0 amide bonds. The Morgan fingerprint density at radius 2 is 2.00 bits per heavy atom. The smallest absolute Gasteiger partial charge is 0.0340 e. The Bertz CT molecular complexity index is 525. The van der Waals surface area contributed by atoms with Crippen LogP contribution in [-0.4, -0.2) is 4.98 Å². The minimum Gasteiger partial charge on any atom is -0.324 e. The van der Waals surface area contributed by atoms with Gasteiger partial charge >= 0.3 is 0 Å². The highest BCUT2D eigenvalue weighted by Gasteiger charge is 2.12. The fourth-order valence-corrected chi connectivity index (χ4v) is 2.55. The van der Waals surface area contributed by atoms with Gasteiger partial charge in [0.25, 0.3) is 0 Å². The van der Waals surface area contributed by atoms with Gasteiger partial charge in [0.05, 0.1) is 0 Å². The molecule has 94 valence electrons. The summed E-state index contributed by atoms with van der Waals surface area (Å²) in [6, 6.07) is 10.3. The molecule has 0 aliphatic carbocycles. The summed E-state index contributed by atoms with van der Waals surface area (Å²) in [7, 11) is 0. The molecule has 1 aromatic heterocycles. The second-order valence-electron chi connectivity index (χ2n) is 4.33. The number of nitrogens with zero attached hydrogens (tertiary/aromatic N) is 1. The predicted octanol–water partition coefficient (Wildman–Crippen LogP) is 3.65. The highest BCUT2D eigenvalue weighted by Crippen LogP contribution is 2.24. The fraction of sp³-hybridized carbons (Fsp3) is 0.267. The summed E-state index contributed by atoms with van der Waals surface area (Å²) in [5.74, 6) is 0. The van der Waals surface area contributed by atoms with Crippen LogP contribution in [0.15, 0.2) is 47.2 Å². The molecule has 1 aromatic carbocycles. The van der Waals surface area contributed by atoms with Crippen LogP contribution >= 0.6 is 15.9 Å². The number of hydrogen-bond acceptors (Lipinski definition) is 2. The molecule has 2 N–H and O–H groups in total. The van der Waals surface area contributed by atoms with Crippen LogP contribution in [0.3, 0.4) is 0 Å². The minimum absolute atomic E-state index is 0.0154. The third kappa shape index (κ3) is 2.98. The van der Waals surface area contributed by atoms with E-state index in [-0.39, 0.29) is 6.04 Å². The second-order valence-corrected chi connectivity index (χ2v) is 5.18. The van der Waals surface area contributed by atoms with E-state index in [2.05, 4.69) is 40.0 Å². The van der Waals surface area contributed by atoms with E-state index in [1.54, 1.807) is 0 Å². The van der Waals surface area contributed by atoms with Gasteiger partial charge < -0.3 is 5.73 Å². The molecule has 0 fully saturated rings. The van der Waals surface area contributed by atoms with Gasteiger partial charge in [-0.2, -0.15) is 0 Å². The first-order valence-corrected chi connectivity index (χ1v) is 6.93. The summed E-state index contributed by atoms with van der Waals surface area (Å²) in [5, 5.41) is 0. The molecule has 0 bridgehead atoms. The average Bonchev–Trinajstić information content (AvgIpc) is 2.41. The maximum atomic E-state index is 6.32. The molecule has 0 radical (unpaired) electrons. The summed E-state index contributed by atoms with van der Waals surface area (Å²) in [5.41, 5.74) is 9.99. The number of nitrogens with two attached hydrogens (primary N) is 1. The van der Waals surface area contributed by atoms with Crippen LogP contribution in [0.2, 0.25) is 0 Å². The maximum Gasteiger partial charge on any atom is 0.0340 e. The van der Waals surface area contributed by atoms with Gasteiger partial charge in [-0.05, 0) is 41.7 Å². The Morgan fingerprint density at radius 1 is 1.22 bits per heavy atom. The Morgan fingerprint density at radius 3 is 2.72 bits per heavy atom. The molecule has 2 rings (SSSR count). The lowest BCUT2D eigenvalue weighted by Crippen LogP contribution is -2.15. The first-order chi connectivity index (χ1) is 8.72. The molecule has 0 saturated carbocycles. The summed E-state index contributed by atoms with van der Waals surface area (Å²) in [6.45, 7) is 2.13. The van der Waals surface area contributed by atoms with E-state index in [4.69, 9.17) is 5.73 Å². The minimum atomic E-state index is 0.0154. The van der Waals surface area contributed by atoms with Crippen molar-refractivity contribution in [2.75, 3.05) is 0 Å². The quantitative estimate of drug-likeness (QED) is 0.936. The maximum absolute atomic E-state index is 6.32. The Labute approximate surface area is 116 Å². The molecule has 18 heavy (non-hydrogen) atoms. The van der Waals surface area contributed by atoms with Crippen LogP contribution in [0.1, 0.15) is 29.7 Å². The number of pyridine rings is 1. The number of hydrogen-bond donors (Lipinski definition) is 1. The van der Waals surface area contributed by atoms with E-state index < -0.39 is 0 Å². The number of halogens is 1. The van der Waals surface area contributed by atoms with Crippen LogP contribution in [0.25, 0.3) is 0 Å². The van der Waals surface area contributed by atoms with Crippen LogP contribution in [-0.2, 0) is 12.8 Å². The number of benzene rings is 1. The highest BCUT2D eigenvalue weighted by molar-refractivity contribution is 9.10. The van der Waals surface area contributed by atoms with E-state index >= 15 is 0 Å². The fourth-order valence-electron chi connectivity index (χ4n) is 2.11. The standard InChI is InChI=1S/C15H17BrN2/c1-2-11-10-18-8-7-13(11)15(17)9-12-5-3-4-6-14(12)16/h3-8,10,15H,2,9,17H2,1H3. The lowest BCUT2D eigenvalue weighted by Gasteiger charge is -2.16. The van der Waals surface area contributed by atoms with Crippen LogP contribution < -0.4 is 5.73 Å². The van der Waals surface area contributed by atoms with Crippen molar-refractivity contribution in [3.63, 3.8) is 0 Å². The Balaban J connectivity index is 2.22. The van der Waals surface area contributed by atoms with Crippen molar-refractivity contribution < 1.29 is 0 Å². The van der Waals surface area contributed by atoms with E-state index in [9.17, 15) is 0 Å². The van der Waals surface area contributed by atoms with E-state index in [1.165, 1.54) is 16.7 Å². The third-order valence-corrected chi connectivity index (χ3v) is 3.89. The zero-order valence-electron chi connectivity index (χ0n) is 10.4. The molecule has 0 saturated heterocycles. The Kier molecular flexibility index (Phi) is 4.50. The summed E-state index contributed by atoms with van der Waals surface area (Å²) in [4.78, 5) is 4.16. The van der Waals surface area contributed by atoms with Crippen LogP contribution in [0, 0.1) is 0 Å². The van der Waals surface area contributed by atoms with Gasteiger partial charge in [0.2, 0.25) is 0 Å². The zero-order valence-corrected chi connectivity index (χ0v) is 12.0. The van der Waals surface area contributed by atoms with Gasteiger partial charge in [0.15, 0.2) is 0 Å². The molecular formula is C15H17BrN2. The lowest BCUT2D eigenvalue weighted by atomic mass is 9.96.